The first-order valence-electron chi connectivity index (χ1n) is 3.65. The molecule has 0 fully saturated rings. The Bertz CT molecular complexity index is 296. The number of hydrogen-bond donors (Lipinski definition) is 1. The number of methoxy groups -OCH3 is 1. The Hall–Kier alpha value is -1.43. The summed E-state index contributed by atoms with van der Waals surface area (Å²) in [6.07, 6.45) is -4.80. The smallest absolute Gasteiger partial charge is 0.497 e. The van der Waals surface area contributed by atoms with Crippen LogP contribution in [-0.4, -0.2) is 18.6 Å². The predicted octanol–water partition coefficient (Wildman–Crippen LogP) is 2.41. The van der Waals surface area contributed by atoms with Gasteiger partial charge < -0.3 is 4.74 Å². The summed E-state index contributed by atoms with van der Waals surface area (Å²) < 4.78 is 40.6. The molecule has 6 heteroatoms. The van der Waals surface area contributed by atoms with Gasteiger partial charge in [0.25, 0.3) is 0 Å². The Kier molecular flexibility index (Phi) is 2.85. The predicted molar refractivity (Wildman–Crippen MR) is 43.3 cm³/mol. The van der Waals surface area contributed by atoms with E-state index in [0.29, 0.717) is 5.75 Å². The van der Waals surface area contributed by atoms with Crippen molar-refractivity contribution in [2.24, 2.45) is 0 Å². The molecule has 1 aromatic carbocycles. The minimum atomic E-state index is -4.80. The molecule has 3 nitrogen and oxygen atoms in total. The SMILES string of the molecule is COc1ccc(N(O)C(F)(F)F)cc1. The number of benzene rings is 1. The van der Waals surface area contributed by atoms with E-state index in [4.69, 9.17) is 9.94 Å². The summed E-state index contributed by atoms with van der Waals surface area (Å²) in [6.45, 7) is 0. The lowest BCUT2D eigenvalue weighted by atomic mass is 10.3. The van der Waals surface area contributed by atoms with E-state index in [1.807, 2.05) is 0 Å². The van der Waals surface area contributed by atoms with Crippen LogP contribution in [0, 0.1) is 0 Å². The van der Waals surface area contributed by atoms with Crippen molar-refractivity contribution in [1.82, 2.24) is 0 Å². The quantitative estimate of drug-likeness (QED) is 0.597. The normalized spacial score (nSPS) is 11.2. The summed E-state index contributed by atoms with van der Waals surface area (Å²) in [5.74, 6) is 0.421. The highest BCUT2D eigenvalue weighted by atomic mass is 19.4. The maximum absolute atomic E-state index is 12.0. The summed E-state index contributed by atoms with van der Waals surface area (Å²) in [4.78, 5) is 0. The fourth-order valence-electron chi connectivity index (χ4n) is 0.870. The minimum Gasteiger partial charge on any atom is -0.497 e. The van der Waals surface area contributed by atoms with Crippen LogP contribution in [0.3, 0.4) is 0 Å². The van der Waals surface area contributed by atoms with E-state index in [2.05, 4.69) is 0 Å². The number of ether oxygens (including phenoxy) is 1. The van der Waals surface area contributed by atoms with Crippen LogP contribution in [0.5, 0.6) is 5.75 Å². The minimum absolute atomic E-state index is 0.363. The van der Waals surface area contributed by atoms with Crippen LogP contribution in [0.2, 0.25) is 0 Å². The van der Waals surface area contributed by atoms with Crippen molar-refractivity contribution in [1.29, 1.82) is 0 Å². The van der Waals surface area contributed by atoms with E-state index in [9.17, 15) is 13.2 Å². The molecular formula is C8H8F3NO2. The summed E-state index contributed by atoms with van der Waals surface area (Å²) >= 11 is 0. The first-order valence-corrected chi connectivity index (χ1v) is 3.65. The van der Waals surface area contributed by atoms with Gasteiger partial charge in [-0.25, -0.2) is 0 Å². The van der Waals surface area contributed by atoms with Crippen molar-refractivity contribution >= 4 is 5.69 Å². The van der Waals surface area contributed by atoms with Crippen LogP contribution in [0.1, 0.15) is 0 Å². The van der Waals surface area contributed by atoms with Gasteiger partial charge in [0.2, 0.25) is 0 Å². The fourth-order valence-corrected chi connectivity index (χ4v) is 0.870. The lowest BCUT2D eigenvalue weighted by Crippen LogP contribution is -2.34. The van der Waals surface area contributed by atoms with Gasteiger partial charge in [-0.05, 0) is 24.3 Å². The second kappa shape index (κ2) is 3.75. The molecule has 0 amide bonds. The Morgan fingerprint density at radius 2 is 1.71 bits per heavy atom. The average Bonchev–Trinajstić information content (AvgIpc) is 2.15. The molecule has 1 aromatic rings. The molecular weight excluding hydrogens is 199 g/mol. The molecule has 0 saturated heterocycles. The van der Waals surface area contributed by atoms with Crippen LogP contribution in [0.25, 0.3) is 0 Å². The molecule has 0 saturated carbocycles. The van der Waals surface area contributed by atoms with Crippen LogP contribution >= 0.6 is 0 Å². The summed E-state index contributed by atoms with van der Waals surface area (Å²) in [7, 11) is 1.40. The lowest BCUT2D eigenvalue weighted by Gasteiger charge is -2.19. The van der Waals surface area contributed by atoms with E-state index in [1.165, 1.54) is 19.2 Å². The van der Waals surface area contributed by atoms with Gasteiger partial charge in [0, 0.05) is 0 Å². The number of hydrogen-bond acceptors (Lipinski definition) is 3. The standard InChI is InChI=1S/C8H8F3NO2/c1-14-7-4-2-6(3-5-7)12(13)8(9,10)11/h2-5,13H,1H3. The summed E-state index contributed by atoms with van der Waals surface area (Å²) in [5.41, 5.74) is -0.363. The molecule has 0 aliphatic rings. The van der Waals surface area contributed by atoms with Crippen molar-refractivity contribution in [3.05, 3.63) is 24.3 Å². The van der Waals surface area contributed by atoms with E-state index in [1.54, 1.807) is 0 Å². The molecule has 0 bridgehead atoms. The van der Waals surface area contributed by atoms with Gasteiger partial charge in [-0.1, -0.05) is 0 Å². The molecule has 0 aliphatic carbocycles. The molecule has 0 atom stereocenters. The van der Waals surface area contributed by atoms with E-state index in [0.717, 1.165) is 12.1 Å². The Labute approximate surface area is 78.3 Å². The Balaban J connectivity index is 2.87. The fraction of sp³-hybridized carbons (Fsp3) is 0.250. The maximum atomic E-state index is 12.0. The molecule has 0 aliphatic heterocycles. The Morgan fingerprint density at radius 3 is 2.07 bits per heavy atom. The van der Waals surface area contributed by atoms with Crippen molar-refractivity contribution < 1.29 is 23.1 Å². The van der Waals surface area contributed by atoms with Gasteiger partial charge in [-0.15, -0.1) is 13.2 Å². The van der Waals surface area contributed by atoms with E-state index >= 15 is 0 Å². The first-order chi connectivity index (χ1) is 6.45. The summed E-state index contributed by atoms with van der Waals surface area (Å²) in [6, 6.07) is 4.85. The number of anilines is 1. The Morgan fingerprint density at radius 1 is 1.21 bits per heavy atom. The zero-order chi connectivity index (χ0) is 10.8. The average molecular weight is 207 g/mol. The highest BCUT2D eigenvalue weighted by Crippen LogP contribution is 2.27. The van der Waals surface area contributed by atoms with Crippen molar-refractivity contribution in [2.75, 3.05) is 12.2 Å². The van der Waals surface area contributed by atoms with Gasteiger partial charge in [0.15, 0.2) is 0 Å². The van der Waals surface area contributed by atoms with Crippen LogP contribution in [0.4, 0.5) is 18.9 Å². The molecule has 14 heavy (non-hydrogen) atoms. The van der Waals surface area contributed by atoms with Crippen molar-refractivity contribution in [3.63, 3.8) is 0 Å². The van der Waals surface area contributed by atoms with Gasteiger partial charge in [0.05, 0.1) is 12.8 Å². The third-order valence-corrected chi connectivity index (χ3v) is 1.56. The lowest BCUT2D eigenvalue weighted by molar-refractivity contribution is -0.176. The third-order valence-electron chi connectivity index (χ3n) is 1.56. The monoisotopic (exact) mass is 207 g/mol. The molecule has 0 aromatic heterocycles. The number of rotatable bonds is 2. The van der Waals surface area contributed by atoms with Crippen LogP contribution in [-0.2, 0) is 0 Å². The molecule has 0 radical (unpaired) electrons. The van der Waals surface area contributed by atoms with Crippen molar-refractivity contribution in [3.8, 4) is 5.75 Å². The summed E-state index contributed by atoms with van der Waals surface area (Å²) in [5, 5.41) is 7.93. The maximum Gasteiger partial charge on any atom is 0.508 e. The number of nitrogens with zero attached hydrogens (tertiary/aromatic N) is 1. The number of halogens is 3. The molecule has 0 heterocycles. The van der Waals surface area contributed by atoms with E-state index < -0.39 is 11.4 Å². The highest BCUT2D eigenvalue weighted by molar-refractivity contribution is 5.47. The van der Waals surface area contributed by atoms with Crippen LogP contribution in [0.15, 0.2) is 24.3 Å². The largest absolute Gasteiger partial charge is 0.508 e. The molecule has 1 rings (SSSR count). The van der Waals surface area contributed by atoms with E-state index in [-0.39, 0.29) is 5.69 Å². The zero-order valence-electron chi connectivity index (χ0n) is 7.25. The van der Waals surface area contributed by atoms with Gasteiger partial charge >= 0.3 is 6.30 Å². The van der Waals surface area contributed by atoms with Crippen molar-refractivity contribution in [2.45, 2.75) is 6.30 Å². The molecule has 1 N–H and O–H groups in total. The third kappa shape index (κ3) is 2.29. The molecule has 0 unspecified atom stereocenters. The van der Waals surface area contributed by atoms with Gasteiger partial charge in [-0.2, -0.15) is 5.06 Å². The topological polar surface area (TPSA) is 32.7 Å². The first kappa shape index (κ1) is 10.6. The van der Waals surface area contributed by atoms with Gasteiger partial charge in [-0.3, -0.25) is 5.21 Å². The highest BCUT2D eigenvalue weighted by Gasteiger charge is 2.36. The van der Waals surface area contributed by atoms with Crippen LogP contribution < -0.4 is 9.80 Å². The number of alkyl halides is 3. The van der Waals surface area contributed by atoms with Gasteiger partial charge in [0.1, 0.15) is 5.75 Å². The zero-order valence-corrected chi connectivity index (χ0v) is 7.25. The second-order valence-electron chi connectivity index (χ2n) is 2.48. The second-order valence-corrected chi connectivity index (χ2v) is 2.48. The molecule has 0 spiro atoms. The number of hydroxylamine groups is 1. The molecule has 78 valence electrons.